The Morgan fingerprint density at radius 2 is 1.92 bits per heavy atom. The molecule has 0 spiro atoms. The van der Waals surface area contributed by atoms with Crippen molar-refractivity contribution in [2.75, 3.05) is 25.6 Å². The molecule has 0 aliphatic carbocycles. The molecule has 0 fully saturated rings. The molecule has 3 atom stereocenters. The summed E-state index contributed by atoms with van der Waals surface area (Å²) in [6.07, 6.45) is 11.3. The van der Waals surface area contributed by atoms with E-state index in [0.29, 0.717) is 5.56 Å². The van der Waals surface area contributed by atoms with Crippen LogP contribution >= 0.6 is 19.5 Å². The molecular weight excluding hydrogens is 545 g/mol. The Kier molecular flexibility index (Phi) is 12.6. The molecular formula is C26H34N3O8PS. The predicted molar refractivity (Wildman–Crippen MR) is 150 cm³/mol. The summed E-state index contributed by atoms with van der Waals surface area (Å²) in [6.45, 7) is 4.64. The lowest BCUT2D eigenvalue weighted by Crippen LogP contribution is -2.33. The SMILES string of the molecule is C#C.Cc1cn([C@H]2C=C[C@@H](COP(=O)(NCc3ccccc3)OCCSC(=O)C(C)(C)CO)O2)c(=O)[nH]c1=O. The molecule has 212 valence electrons. The first-order chi connectivity index (χ1) is 18.5. The molecule has 1 aromatic carbocycles. The number of aromatic nitrogens is 2. The third kappa shape index (κ3) is 9.74. The second-order valence-corrected chi connectivity index (χ2v) is 11.9. The van der Waals surface area contributed by atoms with Gasteiger partial charge in [-0.3, -0.25) is 28.2 Å². The van der Waals surface area contributed by atoms with Crippen molar-refractivity contribution in [3.63, 3.8) is 0 Å². The smallest absolute Gasteiger partial charge is 0.395 e. The summed E-state index contributed by atoms with van der Waals surface area (Å²) in [6, 6.07) is 9.30. The molecule has 0 radical (unpaired) electrons. The molecule has 1 aromatic heterocycles. The Morgan fingerprint density at radius 3 is 2.59 bits per heavy atom. The van der Waals surface area contributed by atoms with Crippen molar-refractivity contribution in [3.8, 4) is 12.8 Å². The van der Waals surface area contributed by atoms with Crippen molar-refractivity contribution in [1.82, 2.24) is 14.6 Å². The molecule has 2 heterocycles. The van der Waals surface area contributed by atoms with Gasteiger partial charge in [0.1, 0.15) is 6.10 Å². The van der Waals surface area contributed by atoms with Crippen molar-refractivity contribution < 1.29 is 28.3 Å². The van der Waals surface area contributed by atoms with E-state index in [9.17, 15) is 24.1 Å². The second kappa shape index (κ2) is 15.1. The molecule has 2 aromatic rings. The van der Waals surface area contributed by atoms with E-state index in [2.05, 4.69) is 22.9 Å². The van der Waals surface area contributed by atoms with Crippen molar-refractivity contribution in [2.24, 2.45) is 5.41 Å². The van der Waals surface area contributed by atoms with Gasteiger partial charge in [-0.1, -0.05) is 48.2 Å². The number of benzene rings is 1. The van der Waals surface area contributed by atoms with Gasteiger partial charge in [0, 0.05) is 24.1 Å². The van der Waals surface area contributed by atoms with Crippen LogP contribution in [0.4, 0.5) is 0 Å². The van der Waals surface area contributed by atoms with Gasteiger partial charge < -0.3 is 9.84 Å². The minimum atomic E-state index is -3.81. The Balaban J connectivity index is 0.00000260. The lowest BCUT2D eigenvalue weighted by molar-refractivity contribution is -0.119. The Morgan fingerprint density at radius 1 is 1.23 bits per heavy atom. The maximum Gasteiger partial charge on any atom is 0.405 e. The quantitative estimate of drug-likeness (QED) is 0.140. The van der Waals surface area contributed by atoms with Gasteiger partial charge in [0.25, 0.3) is 5.56 Å². The van der Waals surface area contributed by atoms with Gasteiger partial charge in [0.2, 0.25) is 0 Å². The number of hydrogen-bond donors (Lipinski definition) is 3. The molecule has 39 heavy (non-hydrogen) atoms. The number of aromatic amines is 1. The van der Waals surface area contributed by atoms with Crippen LogP contribution in [0, 0.1) is 25.2 Å². The topological polar surface area (TPSA) is 149 Å². The number of nitrogens with zero attached hydrogens (tertiary/aromatic N) is 1. The standard InChI is InChI=1S/C24H32N3O8PS.C2H2/c1-17-14-27(23(31)26-21(17)29)20-10-9-19(35-20)15-34-36(32,25-13-18-7-5-4-6-8-18)33-11-12-37-22(30)24(2,3)16-28;1-2/h4-10,14,19-20,28H,11-13,15-16H2,1-3H3,(H,25,32)(H,26,29,31);1-2H/t19-,20+,36?;/m0./s1. The van der Waals surface area contributed by atoms with E-state index in [1.165, 1.54) is 10.8 Å². The predicted octanol–water partition coefficient (Wildman–Crippen LogP) is 2.76. The number of aliphatic hydroxyl groups excluding tert-OH is 1. The highest BCUT2D eigenvalue weighted by Gasteiger charge is 2.30. The van der Waals surface area contributed by atoms with E-state index in [0.717, 1.165) is 17.3 Å². The van der Waals surface area contributed by atoms with Crippen LogP contribution in [0.2, 0.25) is 0 Å². The molecule has 1 unspecified atom stereocenters. The fourth-order valence-electron chi connectivity index (χ4n) is 3.15. The van der Waals surface area contributed by atoms with Gasteiger partial charge in [0.15, 0.2) is 11.3 Å². The second-order valence-electron chi connectivity index (χ2n) is 9.05. The normalized spacial score (nSPS) is 18.2. The minimum absolute atomic E-state index is 0.0347. The van der Waals surface area contributed by atoms with Gasteiger partial charge in [-0.05, 0) is 32.4 Å². The number of ether oxygens (including phenoxy) is 1. The first kappa shape index (κ1) is 32.5. The van der Waals surface area contributed by atoms with Gasteiger partial charge in [0.05, 0.1) is 25.2 Å². The summed E-state index contributed by atoms with van der Waals surface area (Å²) >= 11 is 0.986. The summed E-state index contributed by atoms with van der Waals surface area (Å²) in [5.74, 6) is 0.221. The largest absolute Gasteiger partial charge is 0.405 e. The Hall–Kier alpha value is -2.75. The average Bonchev–Trinajstić information content (AvgIpc) is 3.41. The molecule has 0 amide bonds. The van der Waals surface area contributed by atoms with Crippen molar-refractivity contribution >= 4 is 24.6 Å². The van der Waals surface area contributed by atoms with E-state index in [-0.39, 0.29) is 37.2 Å². The van der Waals surface area contributed by atoms with Crippen LogP contribution in [-0.4, -0.2) is 51.5 Å². The Labute approximate surface area is 231 Å². The maximum absolute atomic E-state index is 13.5. The van der Waals surface area contributed by atoms with Crippen LogP contribution in [0.15, 0.2) is 58.3 Å². The zero-order valence-corrected chi connectivity index (χ0v) is 23.8. The van der Waals surface area contributed by atoms with Crippen LogP contribution in [0.25, 0.3) is 0 Å². The molecule has 13 heteroatoms. The summed E-state index contributed by atoms with van der Waals surface area (Å²) < 4.78 is 31.8. The van der Waals surface area contributed by atoms with Crippen LogP contribution in [0.5, 0.6) is 0 Å². The lowest BCUT2D eigenvalue weighted by atomic mass is 9.97. The number of terminal acetylenes is 1. The van der Waals surface area contributed by atoms with Gasteiger partial charge in [-0.25, -0.2) is 14.4 Å². The number of aryl methyl sites for hydroxylation is 1. The first-order valence-electron chi connectivity index (χ1n) is 12.0. The van der Waals surface area contributed by atoms with Gasteiger partial charge in [-0.15, -0.1) is 12.8 Å². The van der Waals surface area contributed by atoms with E-state index in [1.54, 1.807) is 32.9 Å². The third-order valence-corrected chi connectivity index (χ3v) is 8.22. The van der Waals surface area contributed by atoms with Crippen LogP contribution in [0.3, 0.4) is 0 Å². The molecule has 0 bridgehead atoms. The van der Waals surface area contributed by atoms with Crippen molar-refractivity contribution in [2.45, 2.75) is 39.6 Å². The zero-order valence-electron chi connectivity index (χ0n) is 22.1. The van der Waals surface area contributed by atoms with E-state index >= 15 is 0 Å². The molecule has 3 N–H and O–H groups in total. The number of nitrogens with one attached hydrogen (secondary N) is 2. The molecule has 0 saturated carbocycles. The number of rotatable bonds is 13. The number of hydrogen-bond acceptors (Lipinski definition) is 9. The summed E-state index contributed by atoms with van der Waals surface area (Å²) in [4.78, 5) is 38.2. The molecule has 1 aliphatic heterocycles. The monoisotopic (exact) mass is 579 g/mol. The van der Waals surface area contributed by atoms with Crippen LogP contribution in [0.1, 0.15) is 31.2 Å². The van der Waals surface area contributed by atoms with Crippen molar-refractivity contribution in [1.29, 1.82) is 0 Å². The highest BCUT2D eigenvalue weighted by molar-refractivity contribution is 8.13. The van der Waals surface area contributed by atoms with E-state index in [4.69, 9.17) is 13.8 Å². The number of carbonyl (C=O) groups excluding carboxylic acids is 1. The molecule has 0 saturated heterocycles. The van der Waals surface area contributed by atoms with Gasteiger partial charge in [-0.2, -0.15) is 0 Å². The van der Waals surface area contributed by atoms with Crippen molar-refractivity contribution in [3.05, 3.63) is 80.6 Å². The maximum atomic E-state index is 13.5. The summed E-state index contributed by atoms with van der Waals surface area (Å²) in [5, 5.41) is 12.0. The summed E-state index contributed by atoms with van der Waals surface area (Å²) in [5.41, 5.74) is -0.731. The first-order valence-corrected chi connectivity index (χ1v) is 14.5. The zero-order chi connectivity index (χ0) is 29.1. The van der Waals surface area contributed by atoms with E-state index < -0.39 is 36.7 Å². The fourth-order valence-corrected chi connectivity index (χ4v) is 5.39. The lowest BCUT2D eigenvalue weighted by Gasteiger charge is -2.22. The number of H-pyrrole nitrogens is 1. The average molecular weight is 580 g/mol. The highest BCUT2D eigenvalue weighted by atomic mass is 32.2. The molecule has 3 rings (SSSR count). The molecule has 1 aliphatic rings. The molecule has 11 nitrogen and oxygen atoms in total. The van der Waals surface area contributed by atoms with Gasteiger partial charge >= 0.3 is 13.4 Å². The van der Waals surface area contributed by atoms with Crippen LogP contribution < -0.4 is 16.3 Å². The number of thioether (sulfide) groups is 1. The third-order valence-electron chi connectivity index (χ3n) is 5.48. The summed E-state index contributed by atoms with van der Waals surface area (Å²) in [7, 11) is -3.81. The number of carbonyl (C=O) groups is 1. The highest BCUT2D eigenvalue weighted by Crippen LogP contribution is 2.45. The minimum Gasteiger partial charge on any atom is -0.395 e. The van der Waals surface area contributed by atoms with Crippen LogP contribution in [-0.2, 0) is 29.7 Å². The fraction of sp³-hybridized carbons (Fsp3) is 0.423. The Bertz CT molecular complexity index is 1310. The number of aliphatic hydroxyl groups is 1. The van der Waals surface area contributed by atoms with E-state index in [1.807, 2.05) is 30.3 Å².